The number of amides is 1. The molecule has 1 saturated heterocycles. The van der Waals surface area contributed by atoms with Crippen LogP contribution in [0, 0.1) is 0 Å². The number of nitrogens with two attached hydrogens (primary N) is 1. The molecule has 1 aliphatic rings. The van der Waals surface area contributed by atoms with Gasteiger partial charge in [-0.15, -0.1) is 0 Å². The summed E-state index contributed by atoms with van der Waals surface area (Å²) in [6.45, 7) is 6.30. The van der Waals surface area contributed by atoms with Crippen LogP contribution in [0.25, 0.3) is 0 Å². The van der Waals surface area contributed by atoms with E-state index in [4.69, 9.17) is 15.2 Å². The lowest BCUT2D eigenvalue weighted by molar-refractivity contribution is -0.142. The quantitative estimate of drug-likeness (QED) is 0.897. The lowest BCUT2D eigenvalue weighted by Crippen LogP contribution is -2.46. The first-order valence-corrected chi connectivity index (χ1v) is 7.50. The Hall–Kier alpha value is -1.59. The fourth-order valence-electron chi connectivity index (χ4n) is 2.32. The van der Waals surface area contributed by atoms with E-state index >= 15 is 0 Å². The van der Waals surface area contributed by atoms with Gasteiger partial charge in [0, 0.05) is 19.1 Å². The van der Waals surface area contributed by atoms with Gasteiger partial charge in [0.1, 0.15) is 5.75 Å². The lowest BCUT2D eigenvalue weighted by Gasteiger charge is -2.29. The van der Waals surface area contributed by atoms with Crippen LogP contribution in [0.2, 0.25) is 0 Å². The summed E-state index contributed by atoms with van der Waals surface area (Å²) in [5.41, 5.74) is 7.06. The van der Waals surface area contributed by atoms with Gasteiger partial charge in [0.05, 0.1) is 13.2 Å². The Morgan fingerprint density at radius 1 is 1.33 bits per heavy atom. The highest BCUT2D eigenvalue weighted by Gasteiger charge is 2.23. The molecule has 1 aromatic rings. The summed E-state index contributed by atoms with van der Waals surface area (Å²) in [7, 11) is 0. The molecule has 0 aromatic heterocycles. The molecule has 0 saturated carbocycles. The normalized spacial score (nSPS) is 18.1. The van der Waals surface area contributed by atoms with Gasteiger partial charge in [-0.2, -0.15) is 0 Å². The average molecular weight is 292 g/mol. The van der Waals surface area contributed by atoms with Crippen molar-refractivity contribution in [1.29, 1.82) is 0 Å². The van der Waals surface area contributed by atoms with E-state index in [0.29, 0.717) is 32.1 Å². The molecule has 1 amide bonds. The number of nitrogens with zero attached hydrogens (tertiary/aromatic N) is 1. The number of hydrogen-bond acceptors (Lipinski definition) is 4. The van der Waals surface area contributed by atoms with Crippen LogP contribution in [0.5, 0.6) is 5.75 Å². The molecule has 1 aliphatic heterocycles. The minimum absolute atomic E-state index is 0.00707. The van der Waals surface area contributed by atoms with E-state index in [0.717, 1.165) is 12.0 Å². The van der Waals surface area contributed by atoms with Crippen molar-refractivity contribution in [2.45, 2.75) is 32.4 Å². The van der Waals surface area contributed by atoms with Crippen molar-refractivity contribution in [3.8, 4) is 5.75 Å². The maximum atomic E-state index is 12.2. The van der Waals surface area contributed by atoms with Crippen LogP contribution in [-0.2, 0) is 9.53 Å². The average Bonchev–Trinajstić information content (AvgIpc) is 2.55. The Balaban J connectivity index is 1.92. The van der Waals surface area contributed by atoms with Gasteiger partial charge in [-0.25, -0.2) is 0 Å². The van der Waals surface area contributed by atoms with Crippen LogP contribution in [0.3, 0.4) is 0 Å². The Morgan fingerprint density at radius 3 is 2.52 bits per heavy atom. The fraction of sp³-hybridized carbons (Fsp3) is 0.562. The minimum Gasteiger partial charge on any atom is -0.481 e. The highest BCUT2D eigenvalue weighted by Crippen LogP contribution is 2.19. The molecule has 1 fully saturated rings. The van der Waals surface area contributed by atoms with Gasteiger partial charge in [0.25, 0.3) is 5.91 Å². The van der Waals surface area contributed by atoms with Crippen LogP contribution < -0.4 is 10.5 Å². The Kier molecular flexibility index (Phi) is 5.59. The topological polar surface area (TPSA) is 64.8 Å². The molecule has 1 aromatic carbocycles. The second kappa shape index (κ2) is 7.43. The zero-order valence-electron chi connectivity index (χ0n) is 12.7. The predicted molar refractivity (Wildman–Crippen MR) is 81.2 cm³/mol. The van der Waals surface area contributed by atoms with Crippen LogP contribution in [0.15, 0.2) is 24.3 Å². The molecule has 116 valence electrons. The van der Waals surface area contributed by atoms with Crippen molar-refractivity contribution in [2.75, 3.05) is 26.3 Å². The molecule has 2 atom stereocenters. The second-order valence-corrected chi connectivity index (χ2v) is 5.28. The Labute approximate surface area is 126 Å². The van der Waals surface area contributed by atoms with Crippen LogP contribution in [-0.4, -0.2) is 43.2 Å². The van der Waals surface area contributed by atoms with Gasteiger partial charge in [-0.3, -0.25) is 4.79 Å². The number of benzene rings is 1. The van der Waals surface area contributed by atoms with E-state index in [-0.39, 0.29) is 11.9 Å². The number of carbonyl (C=O) groups excluding carboxylic acids is 1. The maximum absolute atomic E-state index is 12.2. The molecular weight excluding hydrogens is 268 g/mol. The number of morpholine rings is 1. The Morgan fingerprint density at radius 2 is 1.95 bits per heavy atom. The van der Waals surface area contributed by atoms with Gasteiger partial charge < -0.3 is 20.1 Å². The van der Waals surface area contributed by atoms with Crippen molar-refractivity contribution in [3.63, 3.8) is 0 Å². The van der Waals surface area contributed by atoms with Crippen molar-refractivity contribution in [3.05, 3.63) is 29.8 Å². The van der Waals surface area contributed by atoms with Crippen LogP contribution in [0.4, 0.5) is 0 Å². The summed E-state index contributed by atoms with van der Waals surface area (Å²) < 4.78 is 11.0. The smallest absolute Gasteiger partial charge is 0.263 e. The summed E-state index contributed by atoms with van der Waals surface area (Å²) in [4.78, 5) is 14.0. The largest absolute Gasteiger partial charge is 0.481 e. The van der Waals surface area contributed by atoms with Gasteiger partial charge >= 0.3 is 0 Å². The molecule has 0 bridgehead atoms. The molecule has 1 unspecified atom stereocenters. The highest BCUT2D eigenvalue weighted by atomic mass is 16.5. The predicted octanol–water partition coefficient (Wildman–Crippen LogP) is 1.72. The highest BCUT2D eigenvalue weighted by molar-refractivity contribution is 5.81. The molecule has 1 heterocycles. The van der Waals surface area contributed by atoms with E-state index in [9.17, 15) is 4.79 Å². The van der Waals surface area contributed by atoms with Gasteiger partial charge in [-0.1, -0.05) is 19.1 Å². The standard InChI is InChI=1S/C16H24N2O3/c1-3-15(17)13-4-6-14(7-5-13)21-12(2)16(19)18-8-10-20-11-9-18/h4-7,12,15H,3,8-11,17H2,1-2H3/t12?,15-/m0/s1. The number of ether oxygens (including phenoxy) is 2. The van der Waals surface area contributed by atoms with E-state index in [1.807, 2.05) is 24.3 Å². The maximum Gasteiger partial charge on any atom is 0.263 e. The summed E-state index contributed by atoms with van der Waals surface area (Å²) in [6, 6.07) is 7.69. The Bertz CT molecular complexity index is 455. The number of rotatable bonds is 5. The van der Waals surface area contributed by atoms with Gasteiger partial charge in [0.15, 0.2) is 6.10 Å². The van der Waals surface area contributed by atoms with E-state index < -0.39 is 6.10 Å². The monoisotopic (exact) mass is 292 g/mol. The molecular formula is C16H24N2O3. The van der Waals surface area contributed by atoms with Crippen LogP contribution >= 0.6 is 0 Å². The molecule has 2 N–H and O–H groups in total. The SMILES string of the molecule is CC[C@H](N)c1ccc(OC(C)C(=O)N2CCOCC2)cc1. The number of hydrogen-bond donors (Lipinski definition) is 1. The molecule has 21 heavy (non-hydrogen) atoms. The lowest BCUT2D eigenvalue weighted by atomic mass is 10.1. The molecule has 0 aliphatic carbocycles. The molecule has 0 spiro atoms. The molecule has 5 heteroatoms. The first-order chi connectivity index (χ1) is 10.1. The summed E-state index contributed by atoms with van der Waals surface area (Å²) >= 11 is 0. The first kappa shape index (κ1) is 15.8. The van der Waals surface area contributed by atoms with Gasteiger partial charge in [0.2, 0.25) is 0 Å². The van der Waals surface area contributed by atoms with E-state index in [2.05, 4.69) is 6.92 Å². The van der Waals surface area contributed by atoms with Crippen molar-refractivity contribution in [2.24, 2.45) is 5.73 Å². The second-order valence-electron chi connectivity index (χ2n) is 5.28. The van der Waals surface area contributed by atoms with E-state index in [1.165, 1.54) is 0 Å². The third-order valence-electron chi connectivity index (χ3n) is 3.73. The third kappa shape index (κ3) is 4.19. The van der Waals surface area contributed by atoms with Crippen molar-refractivity contribution in [1.82, 2.24) is 4.90 Å². The number of carbonyl (C=O) groups is 1. The summed E-state index contributed by atoms with van der Waals surface area (Å²) in [5.74, 6) is 0.698. The van der Waals surface area contributed by atoms with E-state index in [1.54, 1.807) is 11.8 Å². The van der Waals surface area contributed by atoms with Crippen LogP contribution in [0.1, 0.15) is 31.9 Å². The summed E-state index contributed by atoms with van der Waals surface area (Å²) in [5, 5.41) is 0. The zero-order valence-corrected chi connectivity index (χ0v) is 12.7. The fourth-order valence-corrected chi connectivity index (χ4v) is 2.32. The van der Waals surface area contributed by atoms with Crippen molar-refractivity contribution < 1.29 is 14.3 Å². The molecule has 0 radical (unpaired) electrons. The first-order valence-electron chi connectivity index (χ1n) is 7.50. The molecule has 2 rings (SSSR count). The molecule has 5 nitrogen and oxygen atoms in total. The van der Waals surface area contributed by atoms with Crippen molar-refractivity contribution >= 4 is 5.91 Å². The minimum atomic E-state index is -0.492. The third-order valence-corrected chi connectivity index (χ3v) is 3.73. The van der Waals surface area contributed by atoms with Gasteiger partial charge in [-0.05, 0) is 31.0 Å². The zero-order chi connectivity index (χ0) is 15.2. The summed E-state index contributed by atoms with van der Waals surface area (Å²) in [6.07, 6.45) is 0.403.